The fraction of sp³-hybridized carbons (Fsp3) is 0.455. The zero-order chi connectivity index (χ0) is 75.3. The Morgan fingerprint density at radius 3 is 0.760 bits per heavy atom. The molecule has 8 rings (SSSR count). The highest BCUT2D eigenvalue weighted by atomic mass is 28.4. The van der Waals surface area contributed by atoms with Gasteiger partial charge in [-0.3, -0.25) is 0 Å². The lowest BCUT2D eigenvalue weighted by Gasteiger charge is -2.36. The van der Waals surface area contributed by atoms with Gasteiger partial charge < -0.3 is 28.5 Å². The Balaban J connectivity index is 0.000000243. The summed E-state index contributed by atoms with van der Waals surface area (Å²) in [5, 5.41) is 21.7. The van der Waals surface area contributed by atoms with Gasteiger partial charge in [-0.1, -0.05) is 284 Å². The maximum atomic E-state index is 14.6. The Kier molecular flexibility index (Phi) is 29.3. The summed E-state index contributed by atoms with van der Waals surface area (Å²) in [5.41, 5.74) is 12.8. The minimum absolute atomic E-state index is 0.131. The summed E-state index contributed by atoms with van der Waals surface area (Å²) >= 11 is 0. The molecule has 8 aromatic rings. The van der Waals surface area contributed by atoms with Crippen LogP contribution >= 0.6 is 0 Å². The molecule has 100 heavy (non-hydrogen) atoms. The van der Waals surface area contributed by atoms with Crippen molar-refractivity contribution in [1.82, 2.24) is 0 Å². The standard InChI is InChI=1S/2C25H37FO2Si.2C19H23FO/c2*1-24(2,3)23(27-7)21-16-18(17-28-29(8,9)25(4,5)6)14-15-19(21)20-12-10-11-13-22(20)26;2*1-5-13-10-11-14(15-8-6-7-9-17(15)20)16(12-13)18(21)19(2,3)4/h2*10-16,23H,17H2,1-9H3;2*6-12,18,21H,5H2,1-4H3/t2*23-;2*18-/m1010/s1. The number of aliphatic hydroxyl groups is 2. The van der Waals surface area contributed by atoms with E-state index in [1.54, 1.807) is 50.6 Å². The van der Waals surface area contributed by atoms with Crippen molar-refractivity contribution in [1.29, 1.82) is 0 Å². The second-order valence-corrected chi connectivity index (χ2v) is 43.5. The molecule has 544 valence electrons. The van der Waals surface area contributed by atoms with Crippen LogP contribution < -0.4 is 0 Å². The van der Waals surface area contributed by atoms with Crippen LogP contribution in [0.2, 0.25) is 36.3 Å². The van der Waals surface area contributed by atoms with Crippen LogP contribution in [0.4, 0.5) is 17.6 Å². The van der Waals surface area contributed by atoms with Gasteiger partial charge in [0.1, 0.15) is 23.3 Å². The number of benzene rings is 8. The van der Waals surface area contributed by atoms with E-state index in [-0.39, 0.29) is 67.2 Å². The highest BCUT2D eigenvalue weighted by Crippen LogP contribution is 2.46. The summed E-state index contributed by atoms with van der Waals surface area (Å²) in [6.07, 6.45) is 0.176. The minimum atomic E-state index is -1.85. The van der Waals surface area contributed by atoms with E-state index in [1.807, 2.05) is 139 Å². The van der Waals surface area contributed by atoms with E-state index < -0.39 is 28.8 Å². The van der Waals surface area contributed by atoms with Crippen molar-refractivity contribution in [3.05, 3.63) is 238 Å². The summed E-state index contributed by atoms with van der Waals surface area (Å²) in [5.74, 6) is -0.959. The zero-order valence-corrected chi connectivity index (χ0v) is 67.3. The number of aryl methyl sites for hydroxylation is 2. The zero-order valence-electron chi connectivity index (χ0n) is 65.3. The molecule has 12 heteroatoms. The average Bonchev–Trinajstić information content (AvgIpc) is 0.804. The van der Waals surface area contributed by atoms with Crippen molar-refractivity contribution in [2.45, 2.75) is 225 Å². The van der Waals surface area contributed by atoms with Gasteiger partial charge in [-0.15, -0.1) is 0 Å². The molecule has 0 radical (unpaired) electrons. The van der Waals surface area contributed by atoms with E-state index in [0.29, 0.717) is 35.5 Å². The Labute approximate surface area is 602 Å². The number of ether oxygens (including phenoxy) is 2. The maximum Gasteiger partial charge on any atom is 0.192 e. The van der Waals surface area contributed by atoms with Gasteiger partial charge in [-0.05, 0) is 162 Å². The second kappa shape index (κ2) is 34.8. The van der Waals surface area contributed by atoms with Crippen LogP contribution in [0.5, 0.6) is 0 Å². The quantitative estimate of drug-likeness (QED) is 0.0658. The molecular formula is C88H120F4O6Si2. The lowest BCUT2D eigenvalue weighted by molar-refractivity contribution is 0.0155. The van der Waals surface area contributed by atoms with Crippen molar-refractivity contribution >= 4 is 16.6 Å². The highest BCUT2D eigenvalue weighted by molar-refractivity contribution is 6.74. The second-order valence-electron chi connectivity index (χ2n) is 33.9. The first-order valence-corrected chi connectivity index (χ1v) is 41.3. The first-order chi connectivity index (χ1) is 46.2. The van der Waals surface area contributed by atoms with Crippen LogP contribution in [-0.2, 0) is 44.4 Å². The smallest absolute Gasteiger partial charge is 0.192 e. The lowest BCUT2D eigenvalue weighted by Crippen LogP contribution is -2.40. The molecule has 0 aromatic heterocycles. The first-order valence-electron chi connectivity index (χ1n) is 35.4. The first kappa shape index (κ1) is 84.3. The Hall–Kier alpha value is -6.33. The van der Waals surface area contributed by atoms with E-state index in [9.17, 15) is 27.8 Å². The summed E-state index contributed by atoms with van der Waals surface area (Å²) in [7, 11) is -0.266. The van der Waals surface area contributed by atoms with Gasteiger partial charge in [0.15, 0.2) is 16.6 Å². The van der Waals surface area contributed by atoms with Crippen LogP contribution in [0.25, 0.3) is 44.5 Å². The molecule has 6 nitrogen and oxygen atoms in total. The van der Waals surface area contributed by atoms with Crippen molar-refractivity contribution < 1.29 is 46.1 Å². The SMILES string of the molecule is CCc1ccc(-c2ccccc2F)c([C@@H](O)C(C)(C)C)c1.CCc1ccc(-c2ccccc2F)c([C@H](O)C(C)(C)C)c1.CO[C@@H](c1cc(CO[Si](C)(C)C(C)(C)C)ccc1-c1ccccc1F)C(C)(C)C.CO[C@H](c1cc(CO[Si](C)(C)C(C)(C)C)ccc1-c1ccccc1F)C(C)(C)C. The molecule has 0 fully saturated rings. The molecular weight excluding hydrogens is 1290 g/mol. The predicted molar refractivity (Wildman–Crippen MR) is 417 cm³/mol. The van der Waals surface area contributed by atoms with Gasteiger partial charge >= 0.3 is 0 Å². The summed E-state index contributed by atoms with van der Waals surface area (Å²) < 4.78 is 82.1. The van der Waals surface area contributed by atoms with Crippen molar-refractivity contribution in [2.75, 3.05) is 14.2 Å². The van der Waals surface area contributed by atoms with Gasteiger partial charge in [0.05, 0.1) is 37.6 Å². The third-order valence-electron chi connectivity index (χ3n) is 19.6. The monoisotopic (exact) mass is 1400 g/mol. The van der Waals surface area contributed by atoms with Gasteiger partial charge in [0.2, 0.25) is 0 Å². The van der Waals surface area contributed by atoms with Gasteiger partial charge in [0, 0.05) is 36.5 Å². The van der Waals surface area contributed by atoms with Crippen LogP contribution in [0, 0.1) is 44.9 Å². The molecule has 0 aliphatic heterocycles. The van der Waals surface area contributed by atoms with E-state index in [2.05, 4.69) is 135 Å². The molecule has 0 heterocycles. The fourth-order valence-corrected chi connectivity index (χ4v) is 13.4. The number of rotatable bonds is 18. The summed E-state index contributed by atoms with van der Waals surface area (Å²) in [6, 6.07) is 51.5. The predicted octanol–water partition coefficient (Wildman–Crippen LogP) is 25.8. The molecule has 0 aliphatic rings. The average molecular weight is 1410 g/mol. The Morgan fingerprint density at radius 2 is 0.550 bits per heavy atom. The normalized spacial score (nSPS) is 13.8. The van der Waals surface area contributed by atoms with E-state index in [4.69, 9.17) is 18.3 Å². The van der Waals surface area contributed by atoms with Crippen molar-refractivity contribution in [3.8, 4) is 44.5 Å². The van der Waals surface area contributed by atoms with Crippen LogP contribution in [-0.4, -0.2) is 41.1 Å². The van der Waals surface area contributed by atoms with E-state index in [1.165, 1.54) is 24.3 Å². The van der Waals surface area contributed by atoms with Crippen LogP contribution in [0.3, 0.4) is 0 Å². The van der Waals surface area contributed by atoms with E-state index in [0.717, 1.165) is 79.6 Å². The third-order valence-corrected chi connectivity index (χ3v) is 28.5. The highest BCUT2D eigenvalue weighted by Gasteiger charge is 2.39. The third kappa shape index (κ3) is 22.3. The van der Waals surface area contributed by atoms with Crippen molar-refractivity contribution in [3.63, 3.8) is 0 Å². The molecule has 0 aliphatic carbocycles. The Morgan fingerprint density at radius 1 is 0.320 bits per heavy atom. The molecule has 0 unspecified atom stereocenters. The van der Waals surface area contributed by atoms with Gasteiger partial charge in [-0.25, -0.2) is 17.6 Å². The number of hydrogen-bond acceptors (Lipinski definition) is 6. The molecule has 8 aromatic carbocycles. The minimum Gasteiger partial charge on any atom is -0.413 e. The summed E-state index contributed by atoms with van der Waals surface area (Å²) in [4.78, 5) is 0. The largest absolute Gasteiger partial charge is 0.413 e. The molecule has 0 spiro atoms. The molecule has 0 saturated carbocycles. The number of methoxy groups -OCH3 is 2. The fourth-order valence-electron chi connectivity index (χ4n) is 11.4. The van der Waals surface area contributed by atoms with Crippen molar-refractivity contribution in [2.24, 2.45) is 21.7 Å². The van der Waals surface area contributed by atoms with Crippen LogP contribution in [0.1, 0.15) is 207 Å². The van der Waals surface area contributed by atoms with Gasteiger partial charge in [-0.2, -0.15) is 0 Å². The Bertz CT molecular complexity index is 3670. The molecule has 4 atom stereocenters. The topological polar surface area (TPSA) is 77.4 Å². The number of halogens is 4. The summed E-state index contributed by atoms with van der Waals surface area (Å²) in [6.45, 7) is 52.5. The number of hydrogen-bond donors (Lipinski definition) is 2. The lowest BCUT2D eigenvalue weighted by atomic mass is 9.81. The molecule has 0 amide bonds. The number of aliphatic hydroxyl groups excluding tert-OH is 2. The maximum absolute atomic E-state index is 14.6. The molecule has 2 N–H and O–H groups in total. The van der Waals surface area contributed by atoms with Gasteiger partial charge in [0.25, 0.3) is 0 Å². The van der Waals surface area contributed by atoms with E-state index >= 15 is 0 Å². The molecule has 0 saturated heterocycles. The molecule has 0 bridgehead atoms. The van der Waals surface area contributed by atoms with Crippen LogP contribution in [0.15, 0.2) is 170 Å².